The summed E-state index contributed by atoms with van der Waals surface area (Å²) >= 11 is 0. The van der Waals surface area contributed by atoms with E-state index in [1.54, 1.807) is 29.0 Å². The van der Waals surface area contributed by atoms with Gasteiger partial charge < -0.3 is 25.0 Å². The largest absolute Gasteiger partial charge is 0.497 e. The molecule has 45 heavy (non-hydrogen) atoms. The van der Waals surface area contributed by atoms with Crippen molar-refractivity contribution in [2.75, 3.05) is 32.1 Å². The Morgan fingerprint density at radius 3 is 2.33 bits per heavy atom. The molecule has 0 saturated carbocycles. The molecule has 2 aliphatic heterocycles. The summed E-state index contributed by atoms with van der Waals surface area (Å²) in [5.41, 5.74) is 4.80. The number of carboxylic acids is 1. The fraction of sp³-hybridized carbons (Fsp3) is 0.389. The number of amides is 3. The number of fused-ring (bicyclic) bond motifs is 1. The Labute approximate surface area is 264 Å². The van der Waals surface area contributed by atoms with Gasteiger partial charge in [-0.15, -0.1) is 0 Å². The number of carbonyl (C=O) groups is 4. The van der Waals surface area contributed by atoms with E-state index >= 15 is 0 Å². The molecule has 9 nitrogen and oxygen atoms in total. The zero-order chi connectivity index (χ0) is 31.8. The number of piperidine rings is 1. The third kappa shape index (κ3) is 8.50. The third-order valence-electron chi connectivity index (χ3n) is 8.94. The van der Waals surface area contributed by atoms with Crippen LogP contribution in [0, 0.1) is 11.8 Å². The number of benzene rings is 3. The van der Waals surface area contributed by atoms with Gasteiger partial charge >= 0.3 is 12.0 Å². The maximum absolute atomic E-state index is 13.1. The lowest BCUT2D eigenvalue weighted by Gasteiger charge is -2.32. The first-order chi connectivity index (χ1) is 21.8. The first kappa shape index (κ1) is 31.8. The minimum absolute atomic E-state index is 0.0121. The summed E-state index contributed by atoms with van der Waals surface area (Å²) in [6.45, 7) is 2.22. The van der Waals surface area contributed by atoms with Gasteiger partial charge in [-0.25, -0.2) is 4.79 Å². The number of aliphatic carboxylic acids is 1. The lowest BCUT2D eigenvalue weighted by Crippen LogP contribution is -2.43. The number of ether oxygens (including phenoxy) is 1. The highest BCUT2D eigenvalue weighted by molar-refractivity contribution is 5.89. The van der Waals surface area contributed by atoms with Crippen LogP contribution in [0.25, 0.3) is 0 Å². The number of methoxy groups -OCH3 is 1. The topological polar surface area (TPSA) is 116 Å². The molecule has 0 aromatic heterocycles. The van der Waals surface area contributed by atoms with Crippen LogP contribution in [0.3, 0.4) is 0 Å². The number of urea groups is 1. The van der Waals surface area contributed by atoms with E-state index in [4.69, 9.17) is 4.74 Å². The number of anilines is 1. The van der Waals surface area contributed by atoms with Crippen LogP contribution in [-0.2, 0) is 40.2 Å². The van der Waals surface area contributed by atoms with Crippen molar-refractivity contribution in [2.24, 2.45) is 11.8 Å². The number of rotatable bonds is 11. The van der Waals surface area contributed by atoms with Gasteiger partial charge in [-0.2, -0.15) is 0 Å². The van der Waals surface area contributed by atoms with Crippen LogP contribution in [-0.4, -0.2) is 65.3 Å². The quantitative estimate of drug-likeness (QED) is 0.302. The van der Waals surface area contributed by atoms with E-state index in [0.29, 0.717) is 38.3 Å². The summed E-state index contributed by atoms with van der Waals surface area (Å²) in [5, 5.41) is 12.8. The highest BCUT2D eigenvalue weighted by Crippen LogP contribution is 2.24. The molecule has 0 spiro atoms. The lowest BCUT2D eigenvalue weighted by molar-refractivity contribution is -0.142. The molecule has 1 fully saturated rings. The molecular weight excluding hydrogens is 570 g/mol. The van der Waals surface area contributed by atoms with Crippen molar-refractivity contribution in [3.05, 3.63) is 95.1 Å². The van der Waals surface area contributed by atoms with Crippen molar-refractivity contribution >= 4 is 29.4 Å². The van der Waals surface area contributed by atoms with Crippen molar-refractivity contribution in [3.63, 3.8) is 0 Å². The van der Waals surface area contributed by atoms with Crippen LogP contribution in [0.5, 0.6) is 5.75 Å². The molecule has 236 valence electrons. The molecule has 2 heterocycles. The number of nitrogens with one attached hydrogen (secondary N) is 1. The normalized spacial score (nSPS) is 16.8. The minimum Gasteiger partial charge on any atom is -0.497 e. The summed E-state index contributed by atoms with van der Waals surface area (Å²) < 4.78 is 5.18. The molecule has 2 atom stereocenters. The number of likely N-dealkylation sites (tertiary alicyclic amines) is 1. The Morgan fingerprint density at radius 2 is 1.62 bits per heavy atom. The zero-order valence-electron chi connectivity index (χ0n) is 25.7. The Kier molecular flexibility index (Phi) is 10.5. The molecule has 0 aliphatic carbocycles. The second-order valence-corrected chi connectivity index (χ2v) is 12.0. The first-order valence-electron chi connectivity index (χ1n) is 15.7. The van der Waals surface area contributed by atoms with E-state index in [2.05, 4.69) is 11.4 Å². The van der Waals surface area contributed by atoms with Gasteiger partial charge in [0.25, 0.3) is 0 Å². The Bertz CT molecular complexity index is 1500. The molecular formula is C36H41N3O6. The van der Waals surface area contributed by atoms with Crippen molar-refractivity contribution in [1.82, 2.24) is 9.80 Å². The number of hydrogen-bond acceptors (Lipinski definition) is 5. The minimum atomic E-state index is -0.939. The Morgan fingerprint density at radius 1 is 0.911 bits per heavy atom. The molecule has 2 N–H and O–H groups in total. The monoisotopic (exact) mass is 611 g/mol. The summed E-state index contributed by atoms with van der Waals surface area (Å²) in [4.78, 5) is 54.6. The predicted molar refractivity (Wildman–Crippen MR) is 171 cm³/mol. The van der Waals surface area contributed by atoms with Crippen molar-refractivity contribution in [3.8, 4) is 5.75 Å². The van der Waals surface area contributed by atoms with Crippen LogP contribution < -0.4 is 10.1 Å². The Balaban J connectivity index is 1.09. The van der Waals surface area contributed by atoms with E-state index in [1.807, 2.05) is 54.6 Å². The predicted octanol–water partition coefficient (Wildman–Crippen LogP) is 5.36. The van der Waals surface area contributed by atoms with Gasteiger partial charge in [0.15, 0.2) is 0 Å². The molecule has 1 unspecified atom stereocenters. The van der Waals surface area contributed by atoms with Gasteiger partial charge in [0.1, 0.15) is 11.5 Å². The lowest BCUT2D eigenvalue weighted by atomic mass is 9.87. The summed E-state index contributed by atoms with van der Waals surface area (Å²) in [6.07, 6.45) is 3.23. The number of ketones is 1. The molecule has 3 aromatic rings. The van der Waals surface area contributed by atoms with Crippen LogP contribution in [0.1, 0.15) is 47.9 Å². The van der Waals surface area contributed by atoms with Crippen LogP contribution in [0.4, 0.5) is 10.5 Å². The van der Waals surface area contributed by atoms with Crippen molar-refractivity contribution < 1.29 is 29.0 Å². The highest BCUT2D eigenvalue weighted by Gasteiger charge is 2.29. The number of carbonyl (C=O) groups excluding carboxylic acids is 3. The molecule has 5 rings (SSSR count). The van der Waals surface area contributed by atoms with Crippen LogP contribution in [0.2, 0.25) is 0 Å². The maximum Gasteiger partial charge on any atom is 0.322 e. The third-order valence-corrected chi connectivity index (χ3v) is 8.94. The molecule has 0 radical (unpaired) electrons. The Hall–Kier alpha value is -4.66. The van der Waals surface area contributed by atoms with E-state index in [-0.39, 0.29) is 49.3 Å². The maximum atomic E-state index is 13.1. The van der Waals surface area contributed by atoms with Crippen LogP contribution >= 0.6 is 0 Å². The smallest absolute Gasteiger partial charge is 0.322 e. The zero-order valence-corrected chi connectivity index (χ0v) is 25.7. The molecule has 1 saturated heterocycles. The highest BCUT2D eigenvalue weighted by atomic mass is 16.5. The summed E-state index contributed by atoms with van der Waals surface area (Å²) in [5.74, 6) is -1.19. The molecule has 9 heteroatoms. The van der Waals surface area contributed by atoms with Gasteiger partial charge in [0.2, 0.25) is 5.91 Å². The SMILES string of the molecule is COc1ccc(CC(=O)N2CCCC(C(=O)CC[C@@H](Cc3ccc(NC(=O)N4CCc5ccccc5C4)cc3)C(=O)O)C2)cc1. The van der Waals surface area contributed by atoms with Gasteiger partial charge in [-0.3, -0.25) is 14.4 Å². The average molecular weight is 612 g/mol. The van der Waals surface area contributed by atoms with E-state index in [9.17, 15) is 24.3 Å². The second-order valence-electron chi connectivity index (χ2n) is 12.0. The number of carboxylic acid groups (broad SMARTS) is 1. The molecule has 0 bridgehead atoms. The van der Waals surface area contributed by atoms with E-state index in [0.717, 1.165) is 35.3 Å². The molecule has 2 aliphatic rings. The summed E-state index contributed by atoms with van der Waals surface area (Å²) in [6, 6.07) is 22.6. The van der Waals surface area contributed by atoms with Crippen molar-refractivity contribution in [1.29, 1.82) is 0 Å². The molecule has 3 amide bonds. The molecule has 3 aromatic carbocycles. The fourth-order valence-electron chi connectivity index (χ4n) is 6.21. The van der Waals surface area contributed by atoms with Crippen LogP contribution in [0.15, 0.2) is 72.8 Å². The van der Waals surface area contributed by atoms with Gasteiger partial charge in [-0.1, -0.05) is 48.5 Å². The second kappa shape index (κ2) is 14.9. The van der Waals surface area contributed by atoms with Gasteiger partial charge in [0.05, 0.1) is 19.4 Å². The van der Waals surface area contributed by atoms with Crippen molar-refractivity contribution in [2.45, 2.75) is 51.5 Å². The standard InChI is InChI=1S/C36H41N3O6/c1-45-32-15-10-26(11-16-32)22-34(41)38-19-4-7-30(24-38)33(40)17-12-28(35(42)43)21-25-8-13-31(14-9-25)37-36(44)39-20-18-27-5-2-3-6-29(27)23-39/h2-3,5-6,8-11,13-16,28,30H,4,7,12,17-24H2,1H3,(H,37,44)(H,42,43)/t28-,30?/m0/s1. The average Bonchev–Trinajstić information content (AvgIpc) is 3.07. The van der Waals surface area contributed by atoms with E-state index in [1.165, 1.54) is 5.56 Å². The van der Waals surface area contributed by atoms with Gasteiger partial charge in [-0.05, 0) is 78.6 Å². The summed E-state index contributed by atoms with van der Waals surface area (Å²) in [7, 11) is 1.60. The van der Waals surface area contributed by atoms with E-state index < -0.39 is 11.9 Å². The fourth-order valence-corrected chi connectivity index (χ4v) is 6.21. The number of Topliss-reactive ketones (excluding diaryl/α,β-unsaturated/α-hetero) is 1. The number of hydrogen-bond donors (Lipinski definition) is 2. The van der Waals surface area contributed by atoms with Gasteiger partial charge in [0, 0.05) is 44.2 Å². The first-order valence-corrected chi connectivity index (χ1v) is 15.7. The number of nitrogens with zero attached hydrogens (tertiary/aromatic N) is 2.